The average molecular weight is 398 g/mol. The van der Waals surface area contributed by atoms with Crippen molar-refractivity contribution in [2.45, 2.75) is 18.8 Å². The van der Waals surface area contributed by atoms with Gasteiger partial charge in [-0.15, -0.1) is 0 Å². The van der Waals surface area contributed by atoms with Crippen molar-refractivity contribution in [1.29, 1.82) is 0 Å². The van der Waals surface area contributed by atoms with Gasteiger partial charge in [0.15, 0.2) is 0 Å². The monoisotopic (exact) mass is 397 g/mol. The van der Waals surface area contributed by atoms with Crippen LogP contribution in [0.2, 0.25) is 0 Å². The molecule has 1 aliphatic carbocycles. The lowest BCUT2D eigenvalue weighted by atomic mass is 9.85. The molecule has 1 N–H and O–H groups in total. The van der Waals surface area contributed by atoms with Gasteiger partial charge in [-0.3, -0.25) is 4.79 Å². The molecule has 1 atom stereocenters. The van der Waals surface area contributed by atoms with Gasteiger partial charge in [0.05, 0.1) is 11.6 Å². The molecule has 4 heteroatoms. The Morgan fingerprint density at radius 3 is 1.93 bits per heavy atom. The van der Waals surface area contributed by atoms with Gasteiger partial charge in [0.1, 0.15) is 0 Å². The molecule has 0 bridgehead atoms. The van der Waals surface area contributed by atoms with E-state index in [4.69, 9.17) is 0 Å². The topological polar surface area (TPSA) is 44.7 Å². The molecular weight excluding hydrogens is 370 g/mol. The van der Waals surface area contributed by atoms with Crippen LogP contribution in [0.1, 0.15) is 30.0 Å². The molecule has 3 aromatic carbocycles. The number of carbonyl (C=O) groups is 1. The number of benzene rings is 3. The molecule has 0 unspecified atom stereocenters. The fraction of sp³-hybridized carbons (Fsp3) is 0.231. The smallest absolute Gasteiger partial charge is 0.244 e. The van der Waals surface area contributed by atoms with E-state index in [9.17, 15) is 4.79 Å². The normalized spacial score (nSPS) is 17.3. The lowest BCUT2D eigenvalue weighted by molar-refractivity contribution is -0.122. The largest absolute Gasteiger partial charge is 0.378 e. The molecule has 0 saturated heterocycles. The fourth-order valence-electron chi connectivity index (χ4n) is 4.14. The highest BCUT2D eigenvalue weighted by Crippen LogP contribution is 2.58. The Morgan fingerprint density at radius 1 is 0.900 bits per heavy atom. The number of carbonyl (C=O) groups excluding carboxylic acids is 1. The third kappa shape index (κ3) is 3.73. The van der Waals surface area contributed by atoms with Crippen LogP contribution in [0.5, 0.6) is 0 Å². The quantitative estimate of drug-likeness (QED) is 0.488. The molecule has 1 saturated carbocycles. The highest BCUT2D eigenvalue weighted by molar-refractivity contribution is 5.99. The summed E-state index contributed by atoms with van der Waals surface area (Å²) in [6.07, 6.45) is 0.791. The molecule has 0 heterocycles. The van der Waals surface area contributed by atoms with Crippen LogP contribution in [-0.4, -0.2) is 25.7 Å². The van der Waals surface area contributed by atoms with E-state index in [1.54, 1.807) is 0 Å². The fourth-order valence-corrected chi connectivity index (χ4v) is 4.14. The van der Waals surface area contributed by atoms with E-state index < -0.39 is 0 Å². The summed E-state index contributed by atoms with van der Waals surface area (Å²) < 4.78 is 0. The van der Waals surface area contributed by atoms with Gasteiger partial charge in [-0.1, -0.05) is 72.8 Å². The summed E-state index contributed by atoms with van der Waals surface area (Å²) in [6.45, 7) is 1.92. The summed E-state index contributed by atoms with van der Waals surface area (Å²) >= 11 is 0. The first-order chi connectivity index (χ1) is 14.5. The predicted octanol–water partition coefficient (Wildman–Crippen LogP) is 4.60. The minimum absolute atomic E-state index is 0.0352. The van der Waals surface area contributed by atoms with Crippen LogP contribution in [0, 0.1) is 5.92 Å². The second kappa shape index (κ2) is 8.15. The van der Waals surface area contributed by atoms with E-state index >= 15 is 0 Å². The summed E-state index contributed by atoms with van der Waals surface area (Å²) in [6, 6.07) is 28.7. The standard InChI is InChI=1S/C26H27N3O/c1-19(20-14-16-23(17-15-20)29(2)3)27-28-25(30)24-18-26(24,21-10-6-4-7-11-21)22-12-8-5-9-13-22/h4-17,24H,18H2,1-3H3,(H,28,30)/b27-19-/t24-/m0/s1. The lowest BCUT2D eigenvalue weighted by Gasteiger charge is -2.18. The van der Waals surface area contributed by atoms with Crippen LogP contribution in [0.25, 0.3) is 0 Å². The van der Waals surface area contributed by atoms with Gasteiger partial charge in [-0.05, 0) is 42.2 Å². The molecule has 152 valence electrons. The van der Waals surface area contributed by atoms with Crippen molar-refractivity contribution in [2.75, 3.05) is 19.0 Å². The molecule has 0 aliphatic heterocycles. The molecule has 1 aliphatic rings. The van der Waals surface area contributed by atoms with E-state index in [1.807, 2.05) is 81.7 Å². The zero-order chi connectivity index (χ0) is 21.1. The SMILES string of the molecule is C/C(=N/NC(=O)[C@@H]1CC1(c1ccccc1)c1ccccc1)c1ccc(N(C)C)cc1. The first-order valence-electron chi connectivity index (χ1n) is 10.3. The van der Waals surface area contributed by atoms with Gasteiger partial charge < -0.3 is 4.90 Å². The molecule has 1 amide bonds. The summed E-state index contributed by atoms with van der Waals surface area (Å²) in [5.41, 5.74) is 7.81. The number of hydrogen-bond acceptors (Lipinski definition) is 3. The minimum Gasteiger partial charge on any atom is -0.378 e. The van der Waals surface area contributed by atoms with Gasteiger partial charge in [0.2, 0.25) is 5.91 Å². The summed E-state index contributed by atoms with van der Waals surface area (Å²) in [7, 11) is 4.02. The zero-order valence-corrected chi connectivity index (χ0v) is 17.7. The van der Waals surface area contributed by atoms with Crippen molar-refractivity contribution in [3.63, 3.8) is 0 Å². The lowest BCUT2D eigenvalue weighted by Crippen LogP contribution is -2.26. The van der Waals surface area contributed by atoms with Crippen LogP contribution in [0.3, 0.4) is 0 Å². The van der Waals surface area contributed by atoms with Crippen molar-refractivity contribution in [3.8, 4) is 0 Å². The van der Waals surface area contributed by atoms with Gasteiger partial charge in [-0.2, -0.15) is 5.10 Å². The third-order valence-corrected chi connectivity index (χ3v) is 5.99. The zero-order valence-electron chi connectivity index (χ0n) is 17.7. The average Bonchev–Trinajstić information content (AvgIpc) is 3.56. The minimum atomic E-state index is -0.274. The molecule has 1 fully saturated rings. The van der Waals surface area contributed by atoms with Gasteiger partial charge >= 0.3 is 0 Å². The highest BCUT2D eigenvalue weighted by Gasteiger charge is 2.60. The third-order valence-electron chi connectivity index (χ3n) is 5.99. The van der Waals surface area contributed by atoms with E-state index in [0.717, 1.165) is 23.4 Å². The van der Waals surface area contributed by atoms with E-state index in [0.29, 0.717) is 0 Å². The van der Waals surface area contributed by atoms with Crippen LogP contribution >= 0.6 is 0 Å². The van der Waals surface area contributed by atoms with Crippen molar-refractivity contribution in [2.24, 2.45) is 11.0 Å². The van der Waals surface area contributed by atoms with Crippen LogP contribution in [0.15, 0.2) is 90.0 Å². The first-order valence-corrected chi connectivity index (χ1v) is 10.3. The van der Waals surface area contributed by atoms with Crippen LogP contribution in [-0.2, 0) is 10.2 Å². The highest BCUT2D eigenvalue weighted by atomic mass is 16.2. The number of hydrogen-bond donors (Lipinski definition) is 1. The molecule has 3 aromatic rings. The summed E-state index contributed by atoms with van der Waals surface area (Å²) in [5.74, 6) is -0.165. The molecule has 30 heavy (non-hydrogen) atoms. The Kier molecular flexibility index (Phi) is 5.40. The Hall–Kier alpha value is -3.40. The van der Waals surface area contributed by atoms with Crippen molar-refractivity contribution < 1.29 is 4.79 Å². The second-order valence-electron chi connectivity index (χ2n) is 8.07. The predicted molar refractivity (Wildman–Crippen MR) is 123 cm³/mol. The van der Waals surface area contributed by atoms with Gasteiger partial charge in [0.25, 0.3) is 0 Å². The Bertz CT molecular complexity index is 1000. The number of anilines is 1. The second-order valence-corrected chi connectivity index (χ2v) is 8.07. The van der Waals surface area contributed by atoms with E-state index in [2.05, 4.69) is 39.7 Å². The molecule has 0 aromatic heterocycles. The van der Waals surface area contributed by atoms with Crippen molar-refractivity contribution in [3.05, 3.63) is 102 Å². The number of nitrogens with one attached hydrogen (secondary N) is 1. The molecule has 4 rings (SSSR count). The number of amides is 1. The Labute approximate surface area is 178 Å². The van der Waals surface area contributed by atoms with E-state index in [1.165, 1.54) is 11.1 Å². The van der Waals surface area contributed by atoms with Gasteiger partial charge in [-0.25, -0.2) is 5.43 Å². The van der Waals surface area contributed by atoms with Crippen LogP contribution < -0.4 is 10.3 Å². The Balaban J connectivity index is 1.53. The van der Waals surface area contributed by atoms with Crippen molar-refractivity contribution in [1.82, 2.24) is 5.43 Å². The van der Waals surface area contributed by atoms with E-state index in [-0.39, 0.29) is 17.2 Å². The number of nitrogens with zero attached hydrogens (tertiary/aromatic N) is 2. The molecule has 0 radical (unpaired) electrons. The summed E-state index contributed by atoms with van der Waals surface area (Å²) in [4.78, 5) is 15.1. The summed E-state index contributed by atoms with van der Waals surface area (Å²) in [5, 5.41) is 4.39. The number of hydrazone groups is 1. The van der Waals surface area contributed by atoms with Crippen molar-refractivity contribution >= 4 is 17.3 Å². The maximum Gasteiger partial charge on any atom is 0.244 e. The first kappa shape index (κ1) is 19.9. The molecule has 4 nitrogen and oxygen atoms in total. The molecular formula is C26H27N3O. The number of rotatable bonds is 6. The maximum absolute atomic E-state index is 13.0. The Morgan fingerprint density at radius 2 is 1.43 bits per heavy atom. The van der Waals surface area contributed by atoms with Crippen LogP contribution in [0.4, 0.5) is 5.69 Å². The van der Waals surface area contributed by atoms with Gasteiger partial charge in [0, 0.05) is 25.2 Å². The maximum atomic E-state index is 13.0. The molecule has 0 spiro atoms.